The van der Waals surface area contributed by atoms with Crippen LogP contribution in [0.5, 0.6) is 5.75 Å². The zero-order chi connectivity index (χ0) is 19.1. The zero-order valence-corrected chi connectivity index (χ0v) is 15.3. The summed E-state index contributed by atoms with van der Waals surface area (Å²) in [6, 6.07) is 9.89. The van der Waals surface area contributed by atoms with Gasteiger partial charge in [0.25, 0.3) is 0 Å². The van der Waals surface area contributed by atoms with Gasteiger partial charge in [0.15, 0.2) is 5.96 Å². The molecular weight excluding hydrogens is 348 g/mol. The monoisotopic (exact) mass is 372 g/mol. The van der Waals surface area contributed by atoms with Crippen molar-refractivity contribution in [2.45, 2.75) is 25.5 Å². The van der Waals surface area contributed by atoms with Crippen molar-refractivity contribution in [3.05, 3.63) is 52.8 Å². The van der Waals surface area contributed by atoms with Crippen molar-refractivity contribution in [3.8, 4) is 5.75 Å². The molecule has 0 aliphatic carbocycles. The van der Waals surface area contributed by atoms with Gasteiger partial charge in [-0.05, 0) is 12.1 Å². The lowest BCUT2D eigenvalue weighted by molar-refractivity contribution is -0.385. The molecule has 1 aliphatic heterocycles. The highest BCUT2D eigenvalue weighted by Crippen LogP contribution is 2.18. The molecule has 1 fully saturated rings. The van der Waals surface area contributed by atoms with Gasteiger partial charge in [-0.25, -0.2) is 0 Å². The average molecular weight is 372 g/mol. The van der Waals surface area contributed by atoms with E-state index in [9.17, 15) is 10.1 Å². The Morgan fingerprint density at radius 1 is 1.37 bits per heavy atom. The number of aliphatic imine (C=N–C) groups is 1. The van der Waals surface area contributed by atoms with E-state index in [0.29, 0.717) is 13.1 Å². The molecule has 0 atom stereocenters. The van der Waals surface area contributed by atoms with Gasteiger partial charge >= 0.3 is 5.69 Å². The maximum absolute atomic E-state index is 10.7. The number of hydrogen-bond acceptors (Lipinski definition) is 5. The Hall–Kier alpha value is -3.10. The maximum Gasteiger partial charge on any atom is 0.306 e. The van der Waals surface area contributed by atoms with Crippen LogP contribution in [0.1, 0.15) is 12.8 Å². The van der Waals surface area contributed by atoms with Crippen LogP contribution in [0.2, 0.25) is 0 Å². The van der Waals surface area contributed by atoms with E-state index in [2.05, 4.69) is 20.3 Å². The molecule has 1 aromatic heterocycles. The molecule has 27 heavy (non-hydrogen) atoms. The predicted octanol–water partition coefficient (Wildman–Crippen LogP) is 1.91. The van der Waals surface area contributed by atoms with Crippen molar-refractivity contribution in [3.63, 3.8) is 0 Å². The molecule has 2 aromatic rings. The second kappa shape index (κ2) is 9.02. The van der Waals surface area contributed by atoms with Gasteiger partial charge in [-0.15, -0.1) is 0 Å². The minimum absolute atomic E-state index is 0.000120. The molecule has 0 radical (unpaired) electrons. The molecule has 9 nitrogen and oxygen atoms in total. The number of rotatable bonds is 6. The molecule has 0 amide bonds. The fraction of sp³-hybridized carbons (Fsp3) is 0.444. The summed E-state index contributed by atoms with van der Waals surface area (Å²) in [5, 5.41) is 18.0. The first-order valence-corrected chi connectivity index (χ1v) is 9.00. The van der Waals surface area contributed by atoms with E-state index >= 15 is 0 Å². The minimum Gasteiger partial charge on any atom is -0.490 e. The van der Waals surface area contributed by atoms with E-state index in [4.69, 9.17) is 4.74 Å². The lowest BCUT2D eigenvalue weighted by atomic mass is 10.1. The number of benzene rings is 1. The normalized spacial score (nSPS) is 15.6. The molecule has 144 valence electrons. The Bertz CT molecular complexity index is 768. The first-order chi connectivity index (χ1) is 13.2. The quantitative estimate of drug-likeness (QED) is 0.360. The van der Waals surface area contributed by atoms with Crippen molar-refractivity contribution >= 4 is 11.6 Å². The van der Waals surface area contributed by atoms with Crippen LogP contribution in [0.3, 0.4) is 0 Å². The number of nitrogens with zero attached hydrogens (tertiary/aromatic N) is 5. The van der Waals surface area contributed by atoms with Gasteiger partial charge < -0.3 is 15.0 Å². The minimum atomic E-state index is -0.447. The van der Waals surface area contributed by atoms with Crippen molar-refractivity contribution in [2.24, 2.45) is 4.99 Å². The highest BCUT2D eigenvalue weighted by molar-refractivity contribution is 5.79. The summed E-state index contributed by atoms with van der Waals surface area (Å²) >= 11 is 0. The largest absolute Gasteiger partial charge is 0.490 e. The number of nitro groups is 1. The first-order valence-electron chi connectivity index (χ1n) is 9.00. The number of hydrogen-bond donors (Lipinski definition) is 1. The highest BCUT2D eigenvalue weighted by atomic mass is 16.6. The van der Waals surface area contributed by atoms with Crippen molar-refractivity contribution in [1.29, 1.82) is 0 Å². The Balaban J connectivity index is 1.42. The molecule has 1 saturated heterocycles. The van der Waals surface area contributed by atoms with Crippen molar-refractivity contribution in [2.75, 3.05) is 26.7 Å². The molecule has 0 saturated carbocycles. The summed E-state index contributed by atoms with van der Waals surface area (Å²) in [6.45, 7) is 2.85. The van der Waals surface area contributed by atoms with Crippen molar-refractivity contribution < 1.29 is 9.66 Å². The van der Waals surface area contributed by atoms with Crippen LogP contribution < -0.4 is 10.1 Å². The van der Waals surface area contributed by atoms with Crippen LogP contribution in [0.15, 0.2) is 47.7 Å². The summed E-state index contributed by atoms with van der Waals surface area (Å²) in [5.41, 5.74) is -0.000120. The first kappa shape index (κ1) is 18.7. The lowest BCUT2D eigenvalue weighted by Crippen LogP contribution is -2.48. The molecule has 0 spiro atoms. The summed E-state index contributed by atoms with van der Waals surface area (Å²) in [6.07, 6.45) is 4.76. The average Bonchev–Trinajstić information content (AvgIpc) is 3.16. The van der Waals surface area contributed by atoms with E-state index in [0.717, 1.165) is 37.6 Å². The van der Waals surface area contributed by atoms with Crippen molar-refractivity contribution in [1.82, 2.24) is 20.0 Å². The molecule has 0 unspecified atom stereocenters. The van der Waals surface area contributed by atoms with Crippen LogP contribution in [0.25, 0.3) is 0 Å². The second-order valence-corrected chi connectivity index (χ2v) is 6.31. The predicted molar refractivity (Wildman–Crippen MR) is 102 cm³/mol. The number of para-hydroxylation sites is 1. The smallest absolute Gasteiger partial charge is 0.306 e. The number of piperidine rings is 1. The fourth-order valence-corrected chi connectivity index (χ4v) is 3.06. The Labute approximate surface area is 157 Å². The van der Waals surface area contributed by atoms with Gasteiger partial charge in [0.05, 0.1) is 11.5 Å². The zero-order valence-electron chi connectivity index (χ0n) is 15.3. The van der Waals surface area contributed by atoms with Crippen LogP contribution in [0.4, 0.5) is 5.69 Å². The number of likely N-dealkylation sites (tertiary alicyclic amines) is 1. The molecule has 2 heterocycles. The van der Waals surface area contributed by atoms with Crippen LogP contribution in [-0.4, -0.2) is 58.3 Å². The molecule has 1 aliphatic rings. The molecule has 1 aromatic carbocycles. The third-order valence-corrected chi connectivity index (χ3v) is 4.45. The maximum atomic E-state index is 10.7. The number of nitrogens with one attached hydrogen (secondary N) is 1. The van der Waals surface area contributed by atoms with E-state index in [1.165, 1.54) is 12.4 Å². The fourth-order valence-electron chi connectivity index (χ4n) is 3.06. The summed E-state index contributed by atoms with van der Waals surface area (Å²) in [5.74, 6) is 1.74. The molecular formula is C18H24N6O3. The Morgan fingerprint density at radius 3 is 2.74 bits per heavy atom. The lowest BCUT2D eigenvalue weighted by Gasteiger charge is -2.34. The van der Waals surface area contributed by atoms with Gasteiger partial charge in [-0.3, -0.25) is 19.8 Å². The van der Waals surface area contributed by atoms with Crippen LogP contribution in [-0.2, 0) is 6.54 Å². The summed E-state index contributed by atoms with van der Waals surface area (Å²) in [4.78, 5) is 16.8. The van der Waals surface area contributed by atoms with Crippen LogP contribution in [0, 0.1) is 10.1 Å². The summed E-state index contributed by atoms with van der Waals surface area (Å²) in [7, 11) is 1.76. The van der Waals surface area contributed by atoms with E-state index in [-0.39, 0.29) is 11.8 Å². The SMILES string of the molecule is CN=C(NCCn1cc([N+](=O)[O-])cn1)N1CCC(Oc2ccccc2)CC1. The molecule has 3 rings (SSSR count). The highest BCUT2D eigenvalue weighted by Gasteiger charge is 2.22. The van der Waals surface area contributed by atoms with E-state index in [1.807, 2.05) is 30.3 Å². The van der Waals surface area contributed by atoms with Gasteiger partial charge in [-0.1, -0.05) is 18.2 Å². The topological polar surface area (TPSA) is 97.8 Å². The Kier molecular flexibility index (Phi) is 6.24. The summed E-state index contributed by atoms with van der Waals surface area (Å²) < 4.78 is 7.58. The molecule has 9 heteroatoms. The standard InChI is InChI=1S/C18H24N6O3/c1-19-18(20-9-12-23-14-15(13-21-23)24(25)26)22-10-7-17(8-11-22)27-16-5-3-2-4-6-16/h2-6,13-14,17H,7-12H2,1H3,(H,19,20). The van der Waals surface area contributed by atoms with Crippen LogP contribution >= 0.6 is 0 Å². The molecule has 0 bridgehead atoms. The van der Waals surface area contributed by atoms with Gasteiger partial charge in [0.2, 0.25) is 0 Å². The van der Waals surface area contributed by atoms with E-state index < -0.39 is 4.92 Å². The Morgan fingerprint density at radius 2 is 2.11 bits per heavy atom. The van der Waals surface area contributed by atoms with Gasteiger partial charge in [-0.2, -0.15) is 5.10 Å². The number of ether oxygens (including phenoxy) is 1. The van der Waals surface area contributed by atoms with E-state index in [1.54, 1.807) is 11.7 Å². The third-order valence-electron chi connectivity index (χ3n) is 4.45. The third kappa shape index (κ3) is 5.19. The second-order valence-electron chi connectivity index (χ2n) is 6.31. The molecule has 1 N–H and O–H groups in total. The number of guanidine groups is 1. The number of aromatic nitrogens is 2. The van der Waals surface area contributed by atoms with Gasteiger partial charge in [0.1, 0.15) is 24.2 Å². The van der Waals surface area contributed by atoms with Gasteiger partial charge in [0, 0.05) is 39.5 Å².